The molecule has 0 amide bonds. The summed E-state index contributed by atoms with van der Waals surface area (Å²) in [5.41, 5.74) is 0.249. The molecule has 0 saturated heterocycles. The number of carboxylic acid groups (broad SMARTS) is 1. The normalized spacial score (nSPS) is 20.4. The molecule has 1 fully saturated rings. The molecule has 1 aliphatic rings. The lowest BCUT2D eigenvalue weighted by Gasteiger charge is -2.05. The van der Waals surface area contributed by atoms with E-state index >= 15 is 0 Å². The van der Waals surface area contributed by atoms with Crippen LogP contribution in [0.15, 0.2) is 16.3 Å². The van der Waals surface area contributed by atoms with Gasteiger partial charge >= 0.3 is 5.97 Å². The molecule has 0 radical (unpaired) electrons. The third kappa shape index (κ3) is 3.00. The van der Waals surface area contributed by atoms with E-state index in [-0.39, 0.29) is 21.5 Å². The van der Waals surface area contributed by atoms with E-state index in [9.17, 15) is 13.2 Å². The van der Waals surface area contributed by atoms with E-state index in [0.29, 0.717) is 17.3 Å². The molecule has 0 atom stereocenters. The average Bonchev–Trinajstić information content (AvgIpc) is 2.69. The van der Waals surface area contributed by atoms with Crippen LogP contribution < -0.4 is 4.72 Å². The summed E-state index contributed by atoms with van der Waals surface area (Å²) < 4.78 is 27.3. The van der Waals surface area contributed by atoms with Crippen molar-refractivity contribution in [3.8, 4) is 0 Å². The zero-order chi connectivity index (χ0) is 16.1. The molecule has 1 aromatic rings. The van der Waals surface area contributed by atoms with Crippen LogP contribution in [0.4, 0.5) is 0 Å². The van der Waals surface area contributed by atoms with E-state index in [1.165, 1.54) is 6.07 Å². The van der Waals surface area contributed by atoms with Crippen molar-refractivity contribution in [2.24, 2.45) is 16.7 Å². The van der Waals surface area contributed by atoms with Gasteiger partial charge in [0.1, 0.15) is 4.21 Å². The molecular weight excluding hydrogens is 310 g/mol. The van der Waals surface area contributed by atoms with Crippen molar-refractivity contribution in [1.29, 1.82) is 0 Å². The van der Waals surface area contributed by atoms with Crippen molar-refractivity contribution >= 4 is 27.3 Å². The standard InChI is InChI=1S/C14H21NO4S2/c1-13(2)10(14(13,3)4)8-15-21(18,19)12-6-5-9(20-12)7-11(16)17/h5-6,10,15H,7-8H2,1-4H3,(H,16,17). The maximum absolute atomic E-state index is 12.2. The number of thiophene rings is 1. The van der Waals surface area contributed by atoms with Crippen LogP contribution in [0.2, 0.25) is 0 Å². The van der Waals surface area contributed by atoms with Gasteiger partial charge in [-0.2, -0.15) is 0 Å². The lowest BCUT2D eigenvalue weighted by molar-refractivity contribution is -0.136. The lowest BCUT2D eigenvalue weighted by atomic mass is 10.0. The summed E-state index contributed by atoms with van der Waals surface area (Å²) in [6, 6.07) is 3.02. The number of aliphatic carboxylic acids is 1. The molecule has 21 heavy (non-hydrogen) atoms. The Morgan fingerprint density at radius 1 is 1.29 bits per heavy atom. The summed E-state index contributed by atoms with van der Waals surface area (Å²) >= 11 is 1.01. The molecule has 118 valence electrons. The van der Waals surface area contributed by atoms with Crippen LogP contribution in [0, 0.1) is 16.7 Å². The first kappa shape index (κ1) is 16.5. The molecule has 0 unspecified atom stereocenters. The zero-order valence-electron chi connectivity index (χ0n) is 12.6. The molecule has 1 aromatic heterocycles. The van der Waals surface area contributed by atoms with Gasteiger partial charge in [-0.05, 0) is 28.9 Å². The van der Waals surface area contributed by atoms with Crippen molar-refractivity contribution in [3.05, 3.63) is 17.0 Å². The van der Waals surface area contributed by atoms with E-state index in [0.717, 1.165) is 11.3 Å². The summed E-state index contributed by atoms with van der Waals surface area (Å²) in [6.45, 7) is 8.97. The van der Waals surface area contributed by atoms with Gasteiger partial charge in [0.05, 0.1) is 6.42 Å². The minimum Gasteiger partial charge on any atom is -0.481 e. The fourth-order valence-corrected chi connectivity index (χ4v) is 5.29. The highest BCUT2D eigenvalue weighted by molar-refractivity contribution is 7.91. The summed E-state index contributed by atoms with van der Waals surface area (Å²) in [5, 5.41) is 8.72. The van der Waals surface area contributed by atoms with Crippen LogP contribution in [0.25, 0.3) is 0 Å². The van der Waals surface area contributed by atoms with Gasteiger partial charge in [-0.25, -0.2) is 13.1 Å². The first-order valence-electron chi connectivity index (χ1n) is 6.78. The molecule has 2 N–H and O–H groups in total. The highest BCUT2D eigenvalue weighted by Gasteiger charge is 2.64. The summed E-state index contributed by atoms with van der Waals surface area (Å²) in [4.78, 5) is 11.2. The van der Waals surface area contributed by atoms with Gasteiger partial charge in [0.2, 0.25) is 10.0 Å². The number of hydrogen-bond acceptors (Lipinski definition) is 4. The maximum Gasteiger partial charge on any atom is 0.308 e. The summed E-state index contributed by atoms with van der Waals surface area (Å²) in [7, 11) is -3.56. The molecule has 1 saturated carbocycles. The molecule has 0 aliphatic heterocycles. The number of nitrogens with one attached hydrogen (secondary N) is 1. The Morgan fingerprint density at radius 3 is 2.33 bits per heavy atom. The minimum atomic E-state index is -3.56. The van der Waals surface area contributed by atoms with E-state index in [1.54, 1.807) is 6.07 Å². The quantitative estimate of drug-likeness (QED) is 0.838. The van der Waals surface area contributed by atoms with Crippen molar-refractivity contribution in [1.82, 2.24) is 4.72 Å². The fourth-order valence-electron chi connectivity index (χ4n) is 2.85. The number of sulfonamides is 1. The smallest absolute Gasteiger partial charge is 0.308 e. The van der Waals surface area contributed by atoms with Crippen LogP contribution in [-0.2, 0) is 21.2 Å². The van der Waals surface area contributed by atoms with Crippen LogP contribution >= 0.6 is 11.3 Å². The Morgan fingerprint density at radius 2 is 1.86 bits per heavy atom. The van der Waals surface area contributed by atoms with Crippen molar-refractivity contribution in [2.45, 2.75) is 38.3 Å². The van der Waals surface area contributed by atoms with Gasteiger partial charge in [-0.3, -0.25) is 4.79 Å². The van der Waals surface area contributed by atoms with Crippen LogP contribution in [-0.4, -0.2) is 26.0 Å². The topological polar surface area (TPSA) is 83.5 Å². The summed E-state index contributed by atoms with van der Waals surface area (Å²) in [6.07, 6.45) is -0.150. The second-order valence-corrected chi connectivity index (χ2v) is 9.80. The zero-order valence-corrected chi connectivity index (χ0v) is 14.3. The van der Waals surface area contributed by atoms with Crippen LogP contribution in [0.5, 0.6) is 0 Å². The SMILES string of the molecule is CC1(C)C(CNS(=O)(=O)c2ccc(CC(=O)O)s2)C1(C)C. The summed E-state index contributed by atoms with van der Waals surface area (Å²) in [5.74, 6) is -0.659. The van der Waals surface area contributed by atoms with Gasteiger partial charge in [0.25, 0.3) is 0 Å². The van der Waals surface area contributed by atoms with Gasteiger partial charge in [0, 0.05) is 11.4 Å². The fraction of sp³-hybridized carbons (Fsp3) is 0.643. The molecule has 1 aliphatic carbocycles. The number of carbonyl (C=O) groups is 1. The Balaban J connectivity index is 2.03. The molecule has 0 spiro atoms. The van der Waals surface area contributed by atoms with Gasteiger partial charge in [-0.1, -0.05) is 27.7 Å². The Kier molecular flexibility index (Phi) is 3.97. The molecular formula is C14H21NO4S2. The molecule has 0 aromatic carbocycles. The van der Waals surface area contributed by atoms with E-state index in [4.69, 9.17) is 5.11 Å². The Bertz CT molecular complexity index is 644. The third-order valence-electron chi connectivity index (χ3n) is 5.02. The predicted octanol–water partition coefficient (Wildman–Crippen LogP) is 2.34. The second-order valence-electron chi connectivity index (χ2n) is 6.64. The highest BCUT2D eigenvalue weighted by atomic mass is 32.2. The average molecular weight is 331 g/mol. The van der Waals surface area contributed by atoms with Crippen molar-refractivity contribution in [2.75, 3.05) is 6.54 Å². The lowest BCUT2D eigenvalue weighted by Crippen LogP contribution is -2.26. The number of rotatable bonds is 6. The number of hydrogen-bond donors (Lipinski definition) is 2. The Hall–Kier alpha value is -0.920. The molecule has 1 heterocycles. The third-order valence-corrected chi connectivity index (χ3v) is 8.03. The first-order chi connectivity index (χ1) is 9.48. The molecule has 7 heteroatoms. The molecule has 5 nitrogen and oxygen atoms in total. The maximum atomic E-state index is 12.2. The number of carboxylic acids is 1. The van der Waals surface area contributed by atoms with Crippen LogP contribution in [0.3, 0.4) is 0 Å². The second kappa shape index (κ2) is 5.07. The first-order valence-corrected chi connectivity index (χ1v) is 9.08. The largest absolute Gasteiger partial charge is 0.481 e. The van der Waals surface area contributed by atoms with Crippen LogP contribution in [0.1, 0.15) is 32.6 Å². The van der Waals surface area contributed by atoms with Crippen molar-refractivity contribution < 1.29 is 18.3 Å². The molecule has 2 rings (SSSR count). The van der Waals surface area contributed by atoms with Gasteiger partial charge < -0.3 is 5.11 Å². The highest BCUT2D eigenvalue weighted by Crippen LogP contribution is 2.67. The predicted molar refractivity (Wildman–Crippen MR) is 81.9 cm³/mol. The van der Waals surface area contributed by atoms with E-state index in [2.05, 4.69) is 32.4 Å². The van der Waals surface area contributed by atoms with Gasteiger partial charge in [-0.15, -0.1) is 11.3 Å². The van der Waals surface area contributed by atoms with Gasteiger partial charge in [0.15, 0.2) is 0 Å². The minimum absolute atomic E-state index is 0.124. The Labute approximate surface area is 129 Å². The monoisotopic (exact) mass is 331 g/mol. The van der Waals surface area contributed by atoms with E-state index in [1.807, 2.05) is 0 Å². The van der Waals surface area contributed by atoms with Crippen molar-refractivity contribution in [3.63, 3.8) is 0 Å². The van der Waals surface area contributed by atoms with E-state index < -0.39 is 16.0 Å². The molecule has 0 bridgehead atoms.